The van der Waals surface area contributed by atoms with E-state index in [0.29, 0.717) is 11.4 Å². The van der Waals surface area contributed by atoms with Crippen LogP contribution in [0.1, 0.15) is 5.56 Å². The monoisotopic (exact) mass is 351 g/mol. The normalized spacial score (nSPS) is 11.3. The zero-order chi connectivity index (χ0) is 17.2. The fourth-order valence-corrected chi connectivity index (χ4v) is 2.11. The molecule has 3 aromatic rings. The van der Waals surface area contributed by atoms with Crippen molar-refractivity contribution in [3.63, 3.8) is 0 Å². The molecule has 0 bridgehead atoms. The first-order valence-electron chi connectivity index (χ1n) is 6.67. The number of aromatic nitrogens is 4. The lowest BCUT2D eigenvalue weighted by Crippen LogP contribution is -2.06. The van der Waals surface area contributed by atoms with Crippen molar-refractivity contribution in [2.75, 3.05) is 5.32 Å². The maximum Gasteiger partial charge on any atom is 0.416 e. The molecule has 0 aliphatic heterocycles. The number of hydrogen-bond acceptors (Lipinski definition) is 5. The molecule has 122 valence electrons. The van der Waals surface area contributed by atoms with Crippen molar-refractivity contribution in [1.29, 1.82) is 0 Å². The SMILES string of the molecule is FC(F)(F)c1cccc(Nc2ncnc(-c3ccnc(Cl)c3)n2)c1. The summed E-state index contributed by atoms with van der Waals surface area (Å²) < 4.78 is 38.2. The average molecular weight is 352 g/mol. The van der Waals surface area contributed by atoms with E-state index in [2.05, 4.69) is 25.3 Å². The minimum atomic E-state index is -4.42. The van der Waals surface area contributed by atoms with E-state index in [9.17, 15) is 13.2 Å². The number of nitrogens with zero attached hydrogens (tertiary/aromatic N) is 4. The van der Waals surface area contributed by atoms with Crippen molar-refractivity contribution in [2.45, 2.75) is 6.18 Å². The molecular formula is C15H9ClF3N5. The van der Waals surface area contributed by atoms with Gasteiger partial charge >= 0.3 is 6.18 Å². The highest BCUT2D eigenvalue weighted by atomic mass is 35.5. The Morgan fingerprint density at radius 3 is 2.58 bits per heavy atom. The molecule has 2 aromatic heterocycles. The fraction of sp³-hybridized carbons (Fsp3) is 0.0667. The highest BCUT2D eigenvalue weighted by molar-refractivity contribution is 6.29. The second-order valence-corrected chi connectivity index (χ2v) is 5.09. The molecule has 0 amide bonds. The zero-order valence-corrected chi connectivity index (χ0v) is 12.7. The van der Waals surface area contributed by atoms with Crippen LogP contribution in [-0.2, 0) is 6.18 Å². The maximum absolute atomic E-state index is 12.7. The van der Waals surface area contributed by atoms with Gasteiger partial charge in [-0.3, -0.25) is 0 Å². The third-order valence-corrected chi connectivity index (χ3v) is 3.21. The molecule has 0 saturated carbocycles. The van der Waals surface area contributed by atoms with Gasteiger partial charge in [-0.1, -0.05) is 17.7 Å². The molecule has 0 saturated heterocycles. The topological polar surface area (TPSA) is 63.6 Å². The largest absolute Gasteiger partial charge is 0.416 e. The molecule has 9 heteroatoms. The van der Waals surface area contributed by atoms with Crippen LogP contribution < -0.4 is 5.32 Å². The Labute approximate surface area is 139 Å². The Bertz CT molecular complexity index is 869. The lowest BCUT2D eigenvalue weighted by atomic mass is 10.2. The summed E-state index contributed by atoms with van der Waals surface area (Å²) in [4.78, 5) is 16.0. The van der Waals surface area contributed by atoms with Gasteiger partial charge < -0.3 is 5.32 Å². The number of rotatable bonds is 3. The van der Waals surface area contributed by atoms with Crippen LogP contribution in [0.3, 0.4) is 0 Å². The first-order chi connectivity index (χ1) is 11.4. The Balaban J connectivity index is 1.88. The van der Waals surface area contributed by atoms with Gasteiger partial charge in [0, 0.05) is 17.4 Å². The van der Waals surface area contributed by atoms with E-state index in [1.54, 1.807) is 12.1 Å². The highest BCUT2D eigenvalue weighted by Gasteiger charge is 2.30. The molecule has 0 atom stereocenters. The molecule has 5 nitrogen and oxygen atoms in total. The number of nitrogens with one attached hydrogen (secondary N) is 1. The van der Waals surface area contributed by atoms with Gasteiger partial charge in [0.15, 0.2) is 5.82 Å². The smallest absolute Gasteiger partial charge is 0.324 e. The van der Waals surface area contributed by atoms with Crippen molar-refractivity contribution in [2.24, 2.45) is 0 Å². The predicted molar refractivity (Wildman–Crippen MR) is 82.8 cm³/mol. The van der Waals surface area contributed by atoms with Gasteiger partial charge in [-0.15, -0.1) is 0 Å². The van der Waals surface area contributed by atoms with Crippen LogP contribution in [0.15, 0.2) is 48.9 Å². The summed E-state index contributed by atoms with van der Waals surface area (Å²) in [5, 5.41) is 3.01. The lowest BCUT2D eigenvalue weighted by Gasteiger charge is -2.10. The Morgan fingerprint density at radius 2 is 1.83 bits per heavy atom. The summed E-state index contributed by atoms with van der Waals surface area (Å²) in [5.41, 5.74) is 0.0712. The molecular weight excluding hydrogens is 343 g/mol. The van der Waals surface area contributed by atoms with Crippen molar-refractivity contribution in [1.82, 2.24) is 19.9 Å². The zero-order valence-electron chi connectivity index (χ0n) is 11.9. The molecule has 0 aliphatic carbocycles. The predicted octanol–water partition coefficient (Wildman–Crippen LogP) is 4.35. The molecule has 1 N–H and O–H groups in total. The molecule has 0 radical (unpaired) electrons. The number of hydrogen-bond donors (Lipinski definition) is 1. The Kier molecular flexibility index (Phi) is 4.30. The van der Waals surface area contributed by atoms with Crippen molar-refractivity contribution in [3.8, 4) is 11.4 Å². The van der Waals surface area contributed by atoms with E-state index in [4.69, 9.17) is 11.6 Å². The van der Waals surface area contributed by atoms with Crippen LogP contribution in [0, 0.1) is 0 Å². The number of anilines is 2. The van der Waals surface area contributed by atoms with Crippen LogP contribution in [0.5, 0.6) is 0 Å². The number of halogens is 4. The summed E-state index contributed by atoms with van der Waals surface area (Å²) in [6.07, 6.45) is -1.66. The second-order valence-electron chi connectivity index (χ2n) is 4.70. The molecule has 0 spiro atoms. The summed E-state index contributed by atoms with van der Waals surface area (Å²) in [7, 11) is 0. The first-order valence-corrected chi connectivity index (χ1v) is 7.05. The van der Waals surface area contributed by atoms with Crippen LogP contribution in [0.25, 0.3) is 11.4 Å². The molecule has 0 aliphatic rings. The maximum atomic E-state index is 12.7. The van der Waals surface area contributed by atoms with Crippen LogP contribution in [0.4, 0.5) is 24.8 Å². The van der Waals surface area contributed by atoms with E-state index in [1.165, 1.54) is 24.7 Å². The molecule has 3 rings (SSSR count). The third-order valence-electron chi connectivity index (χ3n) is 3.00. The first kappa shape index (κ1) is 16.1. The van der Waals surface area contributed by atoms with E-state index in [0.717, 1.165) is 12.1 Å². The second kappa shape index (κ2) is 6.40. The van der Waals surface area contributed by atoms with Gasteiger partial charge in [-0.2, -0.15) is 18.2 Å². The third kappa shape index (κ3) is 3.77. The van der Waals surface area contributed by atoms with E-state index < -0.39 is 11.7 Å². The Morgan fingerprint density at radius 1 is 1.00 bits per heavy atom. The van der Waals surface area contributed by atoms with E-state index >= 15 is 0 Å². The van der Waals surface area contributed by atoms with Crippen molar-refractivity contribution >= 4 is 23.2 Å². The summed E-state index contributed by atoms with van der Waals surface area (Å²) in [6, 6.07) is 7.99. The highest BCUT2D eigenvalue weighted by Crippen LogP contribution is 2.31. The van der Waals surface area contributed by atoms with Crippen molar-refractivity contribution in [3.05, 3.63) is 59.6 Å². The number of pyridine rings is 1. The van der Waals surface area contributed by atoms with Gasteiger partial charge in [-0.25, -0.2) is 15.0 Å². The standard InChI is InChI=1S/C15H9ClF3N5/c16-12-6-9(4-5-20-12)13-21-8-22-14(24-13)23-11-3-1-2-10(7-11)15(17,18)19/h1-8H,(H,21,22,23,24). The Hall–Kier alpha value is -2.74. The van der Waals surface area contributed by atoms with Crippen molar-refractivity contribution < 1.29 is 13.2 Å². The molecule has 24 heavy (non-hydrogen) atoms. The van der Waals surface area contributed by atoms with Crippen LogP contribution in [0.2, 0.25) is 5.15 Å². The molecule has 0 unspecified atom stereocenters. The summed E-state index contributed by atoms with van der Waals surface area (Å²) >= 11 is 5.82. The van der Waals surface area contributed by atoms with Gasteiger partial charge in [0.2, 0.25) is 5.95 Å². The molecule has 0 fully saturated rings. The minimum absolute atomic E-state index is 0.118. The van der Waals surface area contributed by atoms with Crippen LogP contribution in [-0.4, -0.2) is 19.9 Å². The minimum Gasteiger partial charge on any atom is -0.324 e. The lowest BCUT2D eigenvalue weighted by molar-refractivity contribution is -0.137. The average Bonchev–Trinajstić information content (AvgIpc) is 2.55. The fourth-order valence-electron chi connectivity index (χ4n) is 1.94. The van der Waals surface area contributed by atoms with Crippen LogP contribution >= 0.6 is 11.6 Å². The van der Waals surface area contributed by atoms with Gasteiger partial charge in [0.05, 0.1) is 5.56 Å². The molecule has 2 heterocycles. The quantitative estimate of drug-likeness (QED) is 0.711. The number of alkyl halides is 3. The molecule has 1 aromatic carbocycles. The van der Waals surface area contributed by atoms with Gasteiger partial charge in [0.1, 0.15) is 11.5 Å². The van der Waals surface area contributed by atoms with Gasteiger partial charge in [0.25, 0.3) is 0 Å². The van der Waals surface area contributed by atoms with E-state index in [1.807, 2.05) is 0 Å². The number of benzene rings is 1. The van der Waals surface area contributed by atoms with E-state index in [-0.39, 0.29) is 16.8 Å². The summed E-state index contributed by atoms with van der Waals surface area (Å²) in [5.74, 6) is 0.441. The summed E-state index contributed by atoms with van der Waals surface area (Å²) in [6.45, 7) is 0. The van der Waals surface area contributed by atoms with Gasteiger partial charge in [-0.05, 0) is 30.3 Å².